The van der Waals surface area contributed by atoms with E-state index in [9.17, 15) is 10.4 Å². The number of hydrogen-bond acceptors (Lipinski definition) is 8. The zero-order valence-electron chi connectivity index (χ0n) is 17.8. The fourth-order valence-electron chi connectivity index (χ4n) is 1.66. The molecule has 0 atom stereocenters. The summed E-state index contributed by atoms with van der Waals surface area (Å²) >= 11 is 18.5. The van der Waals surface area contributed by atoms with Gasteiger partial charge in [-0.15, -0.1) is 0 Å². The summed E-state index contributed by atoms with van der Waals surface area (Å²) < 4.78 is 3.94. The normalized spacial score (nSPS) is 8.47. The van der Waals surface area contributed by atoms with Crippen molar-refractivity contribution in [2.75, 3.05) is 0 Å². The number of pyridine rings is 4. The van der Waals surface area contributed by atoms with E-state index in [1.54, 1.807) is 72.8 Å². The van der Waals surface area contributed by atoms with Crippen molar-refractivity contribution < 1.29 is 58.8 Å². The van der Waals surface area contributed by atoms with Gasteiger partial charge >= 0.3 is 19.5 Å². The second-order valence-corrected chi connectivity index (χ2v) is 7.17. The van der Waals surface area contributed by atoms with E-state index in [0.29, 0.717) is 28.8 Å². The Morgan fingerprint density at radius 3 is 1.15 bits per heavy atom. The molecule has 14 heteroatoms. The smallest absolute Gasteiger partial charge is 0.709 e. The second kappa shape index (κ2) is 19.3. The van der Waals surface area contributed by atoms with Crippen LogP contribution in [-0.4, -0.2) is 19.9 Å². The van der Waals surface area contributed by atoms with Crippen molar-refractivity contribution in [3.8, 4) is 0 Å². The summed E-state index contributed by atoms with van der Waals surface area (Å²) in [4.78, 5) is 0. The molecule has 0 bridgehead atoms. The van der Waals surface area contributed by atoms with Crippen LogP contribution in [-0.2, 0) is 64.2 Å². The predicted molar refractivity (Wildman–Crippen MR) is 127 cm³/mol. The van der Waals surface area contributed by atoms with Gasteiger partial charge in [-0.3, -0.25) is 0 Å². The minimum absolute atomic E-state index is 0. The summed E-state index contributed by atoms with van der Waals surface area (Å²) in [6.45, 7) is 0. The SMILES string of the molecule is On1ccccc1=S.On1ccccc1=S.[O-][n+]1ccccc1[S-].[O-][n+]1ccccc1[S-].[Zn+2].[Zn]. The molecule has 0 aliphatic rings. The van der Waals surface area contributed by atoms with Gasteiger partial charge in [0.05, 0.1) is 10.1 Å². The maximum atomic E-state index is 10.4. The standard InChI is InChI=1S/4C5H5NOS.2Zn/c4*7-6-4-2-1-3-5(6)8;;/h2*1-4,8H;2*1-4,7H;;/q;;;;;+2/p-2. The van der Waals surface area contributed by atoms with Crippen molar-refractivity contribution in [2.24, 2.45) is 0 Å². The predicted octanol–water partition coefficient (Wildman–Crippen LogP) is 3.36. The number of aromatic nitrogens is 4. The number of rotatable bonds is 0. The third kappa shape index (κ3) is 14.2. The molecule has 0 aromatic carbocycles. The summed E-state index contributed by atoms with van der Waals surface area (Å²) in [5.74, 6) is 0. The molecule has 0 unspecified atom stereocenters. The Bertz CT molecular complexity index is 1090. The first kappa shape index (κ1) is 34.1. The van der Waals surface area contributed by atoms with Crippen molar-refractivity contribution >= 4 is 49.7 Å². The van der Waals surface area contributed by atoms with Crippen LogP contribution in [0.2, 0.25) is 0 Å². The van der Waals surface area contributed by atoms with Gasteiger partial charge in [-0.1, -0.05) is 48.7 Å². The average Bonchev–Trinajstić information content (AvgIpc) is 2.78. The van der Waals surface area contributed by atoms with E-state index in [1.807, 2.05) is 0 Å². The van der Waals surface area contributed by atoms with Gasteiger partial charge in [0.1, 0.15) is 9.28 Å². The molecule has 0 radical (unpaired) electrons. The maximum Gasteiger partial charge on any atom is 2.00 e. The number of hydrogen-bond donors (Lipinski definition) is 2. The van der Waals surface area contributed by atoms with Crippen molar-refractivity contribution in [1.29, 1.82) is 0 Å². The van der Waals surface area contributed by atoms with Gasteiger partial charge in [0.25, 0.3) is 0 Å². The topological polar surface area (TPSA) is 104 Å². The van der Waals surface area contributed by atoms with E-state index in [0.717, 1.165) is 9.46 Å². The van der Waals surface area contributed by atoms with Crippen LogP contribution in [0.1, 0.15) is 0 Å². The summed E-state index contributed by atoms with van der Waals surface area (Å²) in [6, 6.07) is 20.2. The van der Waals surface area contributed by atoms with Crippen molar-refractivity contribution in [3.05, 3.63) is 117 Å². The van der Waals surface area contributed by atoms with Crippen LogP contribution in [0.25, 0.3) is 0 Å². The van der Waals surface area contributed by atoms with E-state index in [2.05, 4.69) is 49.7 Å². The zero-order chi connectivity index (χ0) is 23.9. The van der Waals surface area contributed by atoms with E-state index >= 15 is 0 Å². The molecule has 4 rings (SSSR count). The Labute approximate surface area is 243 Å². The first-order chi connectivity index (χ1) is 15.2. The molecule has 0 fully saturated rings. The summed E-state index contributed by atoms with van der Waals surface area (Å²) in [5.41, 5.74) is 0. The molecule has 4 heterocycles. The van der Waals surface area contributed by atoms with Gasteiger partial charge in [0.2, 0.25) is 0 Å². The van der Waals surface area contributed by atoms with Crippen LogP contribution in [0.4, 0.5) is 0 Å². The molecular formula is C20H18N4O4S4Zn2. The molecule has 4 aromatic rings. The largest absolute Gasteiger partial charge is 2.00 e. The Morgan fingerprint density at radius 1 is 0.647 bits per heavy atom. The quantitative estimate of drug-likeness (QED) is 0.0757. The van der Waals surface area contributed by atoms with E-state index in [1.165, 1.54) is 24.8 Å². The summed E-state index contributed by atoms with van der Waals surface area (Å²) in [5, 5.41) is 39.0. The van der Waals surface area contributed by atoms with Gasteiger partial charge < -0.3 is 46.1 Å². The Morgan fingerprint density at radius 2 is 0.971 bits per heavy atom. The van der Waals surface area contributed by atoms with Gasteiger partial charge in [0, 0.05) is 44.0 Å². The second-order valence-electron chi connectivity index (χ2n) is 5.50. The minimum atomic E-state index is 0. The summed E-state index contributed by atoms with van der Waals surface area (Å²) in [6.07, 6.45) is 5.73. The molecular weight excluding hydrogens is 619 g/mol. The van der Waals surface area contributed by atoms with E-state index in [-0.39, 0.29) is 39.0 Å². The van der Waals surface area contributed by atoms with Crippen molar-refractivity contribution in [3.63, 3.8) is 0 Å². The Hall–Kier alpha value is -2.07. The van der Waals surface area contributed by atoms with Crippen LogP contribution in [0.3, 0.4) is 0 Å². The van der Waals surface area contributed by atoms with Gasteiger partial charge in [0.15, 0.2) is 12.4 Å². The van der Waals surface area contributed by atoms with Crippen LogP contribution < -0.4 is 9.46 Å². The molecule has 2 N–H and O–H groups in total. The molecule has 0 aliphatic heterocycles. The summed E-state index contributed by atoms with van der Waals surface area (Å²) in [7, 11) is 0. The molecule has 34 heavy (non-hydrogen) atoms. The zero-order valence-corrected chi connectivity index (χ0v) is 27.0. The van der Waals surface area contributed by atoms with Gasteiger partial charge in [-0.25, -0.2) is 0 Å². The van der Waals surface area contributed by atoms with Gasteiger partial charge in [-0.2, -0.15) is 18.9 Å². The van der Waals surface area contributed by atoms with Crippen LogP contribution in [0.5, 0.6) is 0 Å². The van der Waals surface area contributed by atoms with Crippen LogP contribution >= 0.6 is 24.4 Å². The van der Waals surface area contributed by atoms with Crippen LogP contribution in [0, 0.1) is 19.7 Å². The first-order valence-corrected chi connectivity index (χ1v) is 10.3. The van der Waals surface area contributed by atoms with Crippen molar-refractivity contribution in [2.45, 2.75) is 10.1 Å². The van der Waals surface area contributed by atoms with E-state index < -0.39 is 0 Å². The molecule has 0 amide bonds. The Balaban J connectivity index is 0. The number of nitrogens with zero attached hydrogens (tertiary/aromatic N) is 4. The third-order valence-electron chi connectivity index (χ3n) is 3.18. The first-order valence-electron chi connectivity index (χ1n) is 8.66. The molecule has 170 valence electrons. The third-order valence-corrected chi connectivity index (χ3v) is 4.46. The van der Waals surface area contributed by atoms with Crippen LogP contribution in [0.15, 0.2) is 108 Å². The molecule has 0 aliphatic carbocycles. The van der Waals surface area contributed by atoms with E-state index in [4.69, 9.17) is 10.4 Å². The van der Waals surface area contributed by atoms with Crippen molar-refractivity contribution in [1.82, 2.24) is 9.46 Å². The molecule has 0 saturated carbocycles. The Kier molecular flexibility index (Phi) is 19.3. The fourth-order valence-corrected chi connectivity index (χ4v) is 2.22. The minimum Gasteiger partial charge on any atom is -0.709 e. The molecule has 8 nitrogen and oxygen atoms in total. The molecule has 0 spiro atoms. The monoisotopic (exact) mass is 634 g/mol. The van der Waals surface area contributed by atoms with Gasteiger partial charge in [-0.05, 0) is 36.4 Å². The molecule has 0 saturated heterocycles. The average molecular weight is 637 g/mol. The molecule has 4 aromatic heterocycles. The maximum absolute atomic E-state index is 10.4. The fraction of sp³-hybridized carbons (Fsp3) is 0.